The Balaban J connectivity index is 1.92. The van der Waals surface area contributed by atoms with Crippen LogP contribution >= 0.6 is 0 Å². The molecule has 0 bridgehead atoms. The van der Waals surface area contributed by atoms with E-state index in [2.05, 4.69) is 15.6 Å². The quantitative estimate of drug-likeness (QED) is 0.810. The fraction of sp³-hybridized carbons (Fsp3) is 0.167. The molecule has 1 spiro atoms. The molecule has 23 heavy (non-hydrogen) atoms. The van der Waals surface area contributed by atoms with Gasteiger partial charge in [0.05, 0.1) is 17.2 Å². The zero-order valence-corrected chi connectivity index (χ0v) is 12.3. The van der Waals surface area contributed by atoms with Crippen LogP contribution < -0.4 is 10.6 Å². The van der Waals surface area contributed by atoms with Crippen LogP contribution in [0.4, 0.5) is 0 Å². The van der Waals surface area contributed by atoms with Crippen molar-refractivity contribution in [3.05, 3.63) is 71.6 Å². The third-order valence-electron chi connectivity index (χ3n) is 4.60. The zero-order chi connectivity index (χ0) is 15.9. The molecule has 0 aromatic heterocycles. The summed E-state index contributed by atoms with van der Waals surface area (Å²) >= 11 is 0. The predicted octanol–water partition coefficient (Wildman–Crippen LogP) is 1.34. The Morgan fingerprint density at radius 2 is 2.09 bits per heavy atom. The van der Waals surface area contributed by atoms with Crippen LogP contribution in [0.2, 0.25) is 0 Å². The predicted molar refractivity (Wildman–Crippen MR) is 87.1 cm³/mol. The maximum absolute atomic E-state index is 12.4. The highest BCUT2D eigenvalue weighted by Crippen LogP contribution is 2.44. The molecule has 0 radical (unpaired) electrons. The summed E-state index contributed by atoms with van der Waals surface area (Å²) in [6.07, 6.45) is 10.0. The Hall–Kier alpha value is -2.95. The standard InChI is InChI=1S/C18H15N3O2/c22-11-12-3-5-13(6-4-12)16-18-7-9-19-10-15(18)21-17(23)14(18)2-1-8-20-16/h1-9,11,15,19H,10H2,(H,21,23). The minimum absolute atomic E-state index is 0.0629. The van der Waals surface area contributed by atoms with Gasteiger partial charge in [0.2, 0.25) is 5.91 Å². The molecule has 4 rings (SSSR count). The molecular weight excluding hydrogens is 290 g/mol. The molecule has 114 valence electrons. The van der Waals surface area contributed by atoms with Gasteiger partial charge in [-0.25, -0.2) is 0 Å². The van der Waals surface area contributed by atoms with Gasteiger partial charge < -0.3 is 10.6 Å². The van der Waals surface area contributed by atoms with Crippen molar-refractivity contribution in [2.75, 3.05) is 6.54 Å². The lowest BCUT2D eigenvalue weighted by atomic mass is 9.69. The van der Waals surface area contributed by atoms with Gasteiger partial charge in [-0.05, 0) is 23.9 Å². The SMILES string of the molecule is O=Cc1ccc(C2=NC=CC=C3C(=O)NC4CNC=CC324)cc1. The summed E-state index contributed by atoms with van der Waals surface area (Å²) in [5, 5.41) is 6.22. The van der Waals surface area contributed by atoms with Crippen LogP contribution in [0.5, 0.6) is 0 Å². The minimum Gasteiger partial charge on any atom is -0.389 e. The van der Waals surface area contributed by atoms with Crippen molar-refractivity contribution in [1.82, 2.24) is 10.6 Å². The number of nitrogens with one attached hydrogen (secondary N) is 2. The molecule has 0 aliphatic carbocycles. The molecule has 3 heterocycles. The average Bonchev–Trinajstić information content (AvgIpc) is 2.75. The first-order valence-electron chi connectivity index (χ1n) is 7.49. The number of rotatable bonds is 2. The normalized spacial score (nSPS) is 27.8. The monoisotopic (exact) mass is 305 g/mol. The molecule has 3 aliphatic heterocycles. The van der Waals surface area contributed by atoms with E-state index in [0.29, 0.717) is 17.7 Å². The molecule has 1 saturated heterocycles. The topological polar surface area (TPSA) is 70.6 Å². The van der Waals surface area contributed by atoms with Crippen molar-refractivity contribution < 1.29 is 9.59 Å². The first kappa shape index (κ1) is 13.7. The van der Waals surface area contributed by atoms with Crippen molar-refractivity contribution in [2.24, 2.45) is 10.4 Å². The van der Waals surface area contributed by atoms with Crippen LogP contribution in [0.3, 0.4) is 0 Å². The van der Waals surface area contributed by atoms with Crippen molar-refractivity contribution >= 4 is 17.9 Å². The number of aldehydes is 1. The average molecular weight is 305 g/mol. The summed E-state index contributed by atoms with van der Waals surface area (Å²) in [5.41, 5.74) is 2.45. The molecule has 3 aliphatic rings. The lowest BCUT2D eigenvalue weighted by Crippen LogP contribution is -2.50. The molecule has 2 unspecified atom stereocenters. The van der Waals surface area contributed by atoms with Crippen LogP contribution in [0.1, 0.15) is 15.9 Å². The molecule has 0 saturated carbocycles. The van der Waals surface area contributed by atoms with E-state index in [4.69, 9.17) is 0 Å². The number of benzene rings is 1. The van der Waals surface area contributed by atoms with Crippen LogP contribution in [0.25, 0.3) is 0 Å². The van der Waals surface area contributed by atoms with Gasteiger partial charge in [-0.1, -0.05) is 30.3 Å². The van der Waals surface area contributed by atoms with Gasteiger partial charge in [-0.3, -0.25) is 14.6 Å². The molecule has 1 fully saturated rings. The summed E-state index contributed by atoms with van der Waals surface area (Å²) < 4.78 is 0. The van der Waals surface area contributed by atoms with Crippen LogP contribution in [0, 0.1) is 5.41 Å². The minimum atomic E-state index is -0.589. The van der Waals surface area contributed by atoms with Crippen molar-refractivity contribution in [2.45, 2.75) is 6.04 Å². The summed E-state index contributed by atoms with van der Waals surface area (Å²) in [7, 11) is 0. The maximum Gasteiger partial charge on any atom is 0.248 e. The largest absolute Gasteiger partial charge is 0.389 e. The number of nitrogens with zero attached hydrogens (tertiary/aromatic N) is 1. The highest BCUT2D eigenvalue weighted by molar-refractivity contribution is 6.17. The number of carbonyl (C=O) groups is 2. The van der Waals surface area contributed by atoms with E-state index in [1.165, 1.54) is 0 Å². The van der Waals surface area contributed by atoms with E-state index in [-0.39, 0.29) is 11.9 Å². The van der Waals surface area contributed by atoms with Gasteiger partial charge in [0, 0.05) is 23.9 Å². The second kappa shape index (κ2) is 5.05. The molecule has 5 heteroatoms. The third-order valence-corrected chi connectivity index (χ3v) is 4.60. The smallest absolute Gasteiger partial charge is 0.248 e. The molecule has 2 N–H and O–H groups in total. The van der Waals surface area contributed by atoms with Crippen molar-refractivity contribution in [3.8, 4) is 0 Å². The number of aliphatic imine (C=N–C) groups is 1. The second-order valence-corrected chi connectivity index (χ2v) is 5.78. The summed E-state index contributed by atoms with van der Waals surface area (Å²) in [6, 6.07) is 7.20. The molecular formula is C18H15N3O2. The third kappa shape index (κ3) is 1.90. The van der Waals surface area contributed by atoms with E-state index in [1.807, 2.05) is 30.5 Å². The Morgan fingerprint density at radius 3 is 2.87 bits per heavy atom. The number of amides is 1. The summed E-state index contributed by atoms with van der Waals surface area (Å²) in [6.45, 7) is 0.644. The maximum atomic E-state index is 12.4. The van der Waals surface area contributed by atoms with Crippen molar-refractivity contribution in [3.63, 3.8) is 0 Å². The van der Waals surface area contributed by atoms with Gasteiger partial charge >= 0.3 is 0 Å². The zero-order valence-electron chi connectivity index (χ0n) is 12.3. The lowest BCUT2D eigenvalue weighted by molar-refractivity contribution is -0.116. The van der Waals surface area contributed by atoms with E-state index in [9.17, 15) is 9.59 Å². The van der Waals surface area contributed by atoms with E-state index >= 15 is 0 Å². The van der Waals surface area contributed by atoms with Crippen LogP contribution in [0.15, 0.2) is 65.5 Å². The van der Waals surface area contributed by atoms with Crippen LogP contribution in [-0.2, 0) is 4.79 Å². The van der Waals surface area contributed by atoms with Gasteiger partial charge in [0.25, 0.3) is 0 Å². The second-order valence-electron chi connectivity index (χ2n) is 5.78. The highest BCUT2D eigenvalue weighted by Gasteiger charge is 2.54. The first-order chi connectivity index (χ1) is 11.3. The van der Waals surface area contributed by atoms with E-state index in [1.54, 1.807) is 24.4 Å². The van der Waals surface area contributed by atoms with Crippen molar-refractivity contribution in [1.29, 1.82) is 0 Å². The van der Waals surface area contributed by atoms with Gasteiger partial charge in [-0.15, -0.1) is 0 Å². The fourth-order valence-electron chi connectivity index (χ4n) is 3.50. The molecule has 2 atom stereocenters. The number of hydrogen-bond donors (Lipinski definition) is 2. The van der Waals surface area contributed by atoms with Gasteiger partial charge in [-0.2, -0.15) is 0 Å². The highest BCUT2D eigenvalue weighted by atomic mass is 16.2. The summed E-state index contributed by atoms with van der Waals surface area (Å²) in [4.78, 5) is 27.9. The number of allylic oxidation sites excluding steroid dienone is 2. The Kier molecular flexibility index (Phi) is 3.01. The van der Waals surface area contributed by atoms with E-state index in [0.717, 1.165) is 17.6 Å². The molecule has 5 nitrogen and oxygen atoms in total. The number of hydrogen-bond acceptors (Lipinski definition) is 4. The molecule has 1 aromatic carbocycles. The molecule has 1 aromatic rings. The van der Waals surface area contributed by atoms with Crippen LogP contribution in [-0.4, -0.2) is 30.5 Å². The van der Waals surface area contributed by atoms with Gasteiger partial charge in [0.15, 0.2) is 0 Å². The molecule has 1 amide bonds. The number of carbonyl (C=O) groups excluding carboxylic acids is 2. The van der Waals surface area contributed by atoms with E-state index < -0.39 is 5.41 Å². The Morgan fingerprint density at radius 1 is 1.26 bits per heavy atom. The first-order valence-corrected chi connectivity index (χ1v) is 7.49. The Labute approximate surface area is 133 Å². The fourth-order valence-corrected chi connectivity index (χ4v) is 3.50. The lowest BCUT2D eigenvalue weighted by Gasteiger charge is -2.36. The van der Waals surface area contributed by atoms with Gasteiger partial charge in [0.1, 0.15) is 6.29 Å². The Bertz CT molecular complexity index is 802. The summed E-state index contributed by atoms with van der Waals surface area (Å²) in [5.74, 6) is -0.0629.